The Morgan fingerprint density at radius 3 is 2.64 bits per heavy atom. The summed E-state index contributed by atoms with van der Waals surface area (Å²) in [7, 11) is 0. The number of furan rings is 1. The lowest BCUT2D eigenvalue weighted by Crippen LogP contribution is -2.27. The molecule has 2 aromatic carbocycles. The number of para-hydroxylation sites is 3. The standard InChI is InChI=1S/C21H18N4O3/c26-19(11-12-22-21(27)18-10-5-13-28-18)23-15-7-2-1-6-14(15)20-24-16-8-3-4-9-17(16)25-20/h1-10,13H,11-12H2,(H,22,27)(H,23,26)(H,24,25). The molecular weight excluding hydrogens is 356 g/mol. The number of rotatable bonds is 6. The summed E-state index contributed by atoms with van der Waals surface area (Å²) >= 11 is 0. The van der Waals surface area contributed by atoms with Gasteiger partial charge in [-0.2, -0.15) is 0 Å². The lowest BCUT2D eigenvalue weighted by molar-refractivity contribution is -0.116. The number of benzene rings is 2. The molecule has 0 aliphatic heterocycles. The van der Waals surface area contributed by atoms with Gasteiger partial charge in [0, 0.05) is 18.5 Å². The molecule has 0 unspecified atom stereocenters. The highest BCUT2D eigenvalue weighted by atomic mass is 16.3. The number of amides is 2. The van der Waals surface area contributed by atoms with E-state index >= 15 is 0 Å². The Bertz CT molecular complexity index is 1080. The Morgan fingerprint density at radius 2 is 1.82 bits per heavy atom. The van der Waals surface area contributed by atoms with Crippen molar-refractivity contribution in [3.63, 3.8) is 0 Å². The molecule has 0 fully saturated rings. The van der Waals surface area contributed by atoms with E-state index in [1.807, 2.05) is 48.5 Å². The molecule has 7 heteroatoms. The third-order valence-electron chi connectivity index (χ3n) is 4.23. The fourth-order valence-electron chi connectivity index (χ4n) is 2.88. The van der Waals surface area contributed by atoms with E-state index in [2.05, 4.69) is 20.6 Å². The first-order chi connectivity index (χ1) is 13.7. The van der Waals surface area contributed by atoms with E-state index in [0.717, 1.165) is 16.6 Å². The van der Waals surface area contributed by atoms with Crippen LogP contribution in [0.2, 0.25) is 0 Å². The van der Waals surface area contributed by atoms with Crippen LogP contribution in [-0.2, 0) is 4.79 Å². The number of nitrogens with one attached hydrogen (secondary N) is 3. The Labute approximate surface area is 160 Å². The summed E-state index contributed by atoms with van der Waals surface area (Å²) < 4.78 is 5.02. The molecule has 7 nitrogen and oxygen atoms in total. The highest BCUT2D eigenvalue weighted by Crippen LogP contribution is 2.27. The summed E-state index contributed by atoms with van der Waals surface area (Å²) in [5.41, 5.74) is 3.24. The first-order valence-electron chi connectivity index (χ1n) is 8.86. The van der Waals surface area contributed by atoms with Crippen molar-refractivity contribution in [1.29, 1.82) is 0 Å². The lowest BCUT2D eigenvalue weighted by atomic mass is 10.1. The predicted octanol–water partition coefficient (Wildman–Crippen LogP) is 3.58. The van der Waals surface area contributed by atoms with E-state index in [1.54, 1.807) is 12.1 Å². The van der Waals surface area contributed by atoms with Crippen molar-refractivity contribution < 1.29 is 14.0 Å². The minimum Gasteiger partial charge on any atom is -0.459 e. The molecule has 2 amide bonds. The van der Waals surface area contributed by atoms with Crippen LogP contribution in [0.25, 0.3) is 22.4 Å². The molecule has 0 aliphatic rings. The van der Waals surface area contributed by atoms with Crippen molar-refractivity contribution in [2.45, 2.75) is 6.42 Å². The van der Waals surface area contributed by atoms with E-state index in [4.69, 9.17) is 4.42 Å². The number of hydrogen-bond acceptors (Lipinski definition) is 4. The first-order valence-corrected chi connectivity index (χ1v) is 8.86. The average Bonchev–Trinajstić information content (AvgIpc) is 3.38. The number of hydrogen-bond donors (Lipinski definition) is 3. The summed E-state index contributed by atoms with van der Waals surface area (Å²) in [5, 5.41) is 5.54. The van der Waals surface area contributed by atoms with Crippen LogP contribution >= 0.6 is 0 Å². The number of aromatic amines is 1. The number of carbonyl (C=O) groups is 2. The van der Waals surface area contributed by atoms with Crippen LogP contribution in [0.15, 0.2) is 71.3 Å². The van der Waals surface area contributed by atoms with Crippen molar-refractivity contribution in [2.24, 2.45) is 0 Å². The molecule has 2 heterocycles. The third kappa shape index (κ3) is 3.78. The molecule has 0 atom stereocenters. The summed E-state index contributed by atoms with van der Waals surface area (Å²) in [4.78, 5) is 32.0. The number of nitrogens with zero attached hydrogens (tertiary/aromatic N) is 1. The molecule has 0 radical (unpaired) electrons. The second-order valence-electron chi connectivity index (χ2n) is 6.18. The molecular formula is C21H18N4O3. The van der Waals surface area contributed by atoms with Gasteiger partial charge in [-0.15, -0.1) is 0 Å². The van der Waals surface area contributed by atoms with Gasteiger partial charge in [0.1, 0.15) is 5.82 Å². The average molecular weight is 374 g/mol. The zero-order valence-electron chi connectivity index (χ0n) is 14.9. The highest BCUT2D eigenvalue weighted by molar-refractivity contribution is 5.96. The van der Waals surface area contributed by atoms with Gasteiger partial charge in [-0.3, -0.25) is 9.59 Å². The molecule has 0 spiro atoms. The Hall–Kier alpha value is -3.87. The minimum atomic E-state index is -0.347. The second-order valence-corrected chi connectivity index (χ2v) is 6.18. The number of imidazole rings is 1. The number of H-pyrrole nitrogens is 1. The molecule has 0 aliphatic carbocycles. The van der Waals surface area contributed by atoms with E-state index < -0.39 is 0 Å². The summed E-state index contributed by atoms with van der Waals surface area (Å²) in [6.45, 7) is 0.207. The maximum Gasteiger partial charge on any atom is 0.286 e. The SMILES string of the molecule is O=C(CCNC(=O)c1ccco1)Nc1ccccc1-c1nc2ccccc2[nH]1. The Balaban J connectivity index is 1.42. The van der Waals surface area contributed by atoms with Gasteiger partial charge in [-0.1, -0.05) is 24.3 Å². The zero-order valence-corrected chi connectivity index (χ0v) is 14.9. The van der Waals surface area contributed by atoms with Gasteiger partial charge in [0.2, 0.25) is 5.91 Å². The van der Waals surface area contributed by atoms with Gasteiger partial charge in [0.15, 0.2) is 5.76 Å². The molecule has 0 saturated heterocycles. The molecule has 0 saturated carbocycles. The maximum absolute atomic E-state index is 12.3. The van der Waals surface area contributed by atoms with Crippen LogP contribution in [0.1, 0.15) is 17.0 Å². The topological polar surface area (TPSA) is 100 Å². The Kier molecular flexibility index (Phi) is 4.88. The monoisotopic (exact) mass is 374 g/mol. The predicted molar refractivity (Wildman–Crippen MR) is 106 cm³/mol. The quantitative estimate of drug-likeness (QED) is 0.480. The smallest absolute Gasteiger partial charge is 0.286 e. The number of anilines is 1. The van der Waals surface area contributed by atoms with E-state index in [0.29, 0.717) is 11.5 Å². The van der Waals surface area contributed by atoms with E-state index in [9.17, 15) is 9.59 Å². The van der Waals surface area contributed by atoms with Crippen LogP contribution in [0.5, 0.6) is 0 Å². The fraction of sp³-hybridized carbons (Fsp3) is 0.0952. The fourth-order valence-corrected chi connectivity index (χ4v) is 2.88. The van der Waals surface area contributed by atoms with Gasteiger partial charge < -0.3 is 20.0 Å². The summed E-state index contributed by atoms with van der Waals surface area (Å²) in [6.07, 6.45) is 1.57. The molecule has 3 N–H and O–H groups in total. The number of aromatic nitrogens is 2. The van der Waals surface area contributed by atoms with Crippen LogP contribution in [0, 0.1) is 0 Å². The highest BCUT2D eigenvalue weighted by Gasteiger charge is 2.13. The number of carbonyl (C=O) groups excluding carboxylic acids is 2. The number of fused-ring (bicyclic) bond motifs is 1. The lowest BCUT2D eigenvalue weighted by Gasteiger charge is -2.09. The maximum atomic E-state index is 12.3. The van der Waals surface area contributed by atoms with Crippen LogP contribution in [-0.4, -0.2) is 28.3 Å². The van der Waals surface area contributed by atoms with Gasteiger partial charge in [0.05, 0.1) is 23.0 Å². The van der Waals surface area contributed by atoms with E-state index in [1.165, 1.54) is 6.26 Å². The molecule has 140 valence electrons. The van der Waals surface area contributed by atoms with Crippen molar-refractivity contribution in [3.05, 3.63) is 72.7 Å². The van der Waals surface area contributed by atoms with Crippen LogP contribution in [0.3, 0.4) is 0 Å². The van der Waals surface area contributed by atoms with Crippen molar-refractivity contribution in [2.75, 3.05) is 11.9 Å². The molecule has 28 heavy (non-hydrogen) atoms. The van der Waals surface area contributed by atoms with Gasteiger partial charge in [-0.05, 0) is 36.4 Å². The van der Waals surface area contributed by atoms with Crippen molar-refractivity contribution in [3.8, 4) is 11.4 Å². The Morgan fingerprint density at radius 1 is 1.00 bits per heavy atom. The second kappa shape index (κ2) is 7.79. The minimum absolute atomic E-state index is 0.140. The molecule has 4 aromatic rings. The van der Waals surface area contributed by atoms with Gasteiger partial charge >= 0.3 is 0 Å². The largest absolute Gasteiger partial charge is 0.459 e. The van der Waals surface area contributed by atoms with Crippen LogP contribution in [0.4, 0.5) is 5.69 Å². The van der Waals surface area contributed by atoms with E-state index in [-0.39, 0.29) is 30.5 Å². The summed E-state index contributed by atoms with van der Waals surface area (Å²) in [6, 6.07) is 18.4. The van der Waals surface area contributed by atoms with Crippen LogP contribution < -0.4 is 10.6 Å². The molecule has 0 bridgehead atoms. The van der Waals surface area contributed by atoms with Crippen molar-refractivity contribution in [1.82, 2.24) is 15.3 Å². The van der Waals surface area contributed by atoms with Crippen molar-refractivity contribution >= 4 is 28.5 Å². The van der Waals surface area contributed by atoms with Gasteiger partial charge in [0.25, 0.3) is 5.91 Å². The molecule has 4 rings (SSSR count). The van der Waals surface area contributed by atoms with Gasteiger partial charge in [-0.25, -0.2) is 4.98 Å². The first kappa shape index (κ1) is 17.5. The molecule has 2 aromatic heterocycles. The third-order valence-corrected chi connectivity index (χ3v) is 4.23. The zero-order chi connectivity index (χ0) is 19.3. The summed E-state index contributed by atoms with van der Waals surface area (Å²) in [5.74, 6) is 0.350. The normalized spacial score (nSPS) is 10.7.